The first-order valence-electron chi connectivity index (χ1n) is 9.90. The van der Waals surface area contributed by atoms with Crippen molar-refractivity contribution in [3.8, 4) is 0 Å². The topological polar surface area (TPSA) is 62.6 Å². The molecule has 28 heavy (non-hydrogen) atoms. The van der Waals surface area contributed by atoms with Crippen molar-refractivity contribution in [2.75, 3.05) is 18.9 Å². The van der Waals surface area contributed by atoms with Gasteiger partial charge in [0.1, 0.15) is 0 Å². The Labute approximate surface area is 167 Å². The zero-order valence-corrected chi connectivity index (χ0v) is 17.1. The number of nitrogens with one attached hydrogen (secondary N) is 3. The number of hydrogen-bond donors (Lipinski definition) is 3. The molecule has 1 fully saturated rings. The zero-order chi connectivity index (χ0) is 20.3. The molecule has 3 rings (SSSR count). The second kappa shape index (κ2) is 8.57. The van der Waals surface area contributed by atoms with Crippen LogP contribution in [0.5, 0.6) is 0 Å². The number of rotatable bonds is 7. The van der Waals surface area contributed by atoms with E-state index in [0.29, 0.717) is 0 Å². The summed E-state index contributed by atoms with van der Waals surface area (Å²) in [5, 5.41) is 6.13. The van der Waals surface area contributed by atoms with Gasteiger partial charge in [-0.2, -0.15) is 0 Å². The van der Waals surface area contributed by atoms with Crippen molar-refractivity contribution in [1.82, 2.24) is 5.32 Å². The highest BCUT2D eigenvalue weighted by Gasteiger charge is 2.34. The van der Waals surface area contributed by atoms with E-state index in [1.54, 1.807) is 0 Å². The summed E-state index contributed by atoms with van der Waals surface area (Å²) in [5.74, 6) is -0.102. The van der Waals surface area contributed by atoms with E-state index in [-0.39, 0.29) is 24.4 Å². The Morgan fingerprint density at radius 3 is 2.25 bits per heavy atom. The van der Waals surface area contributed by atoms with E-state index < -0.39 is 6.04 Å². The number of hydrogen-bond acceptors (Lipinski definition) is 2. The van der Waals surface area contributed by atoms with Gasteiger partial charge in [-0.05, 0) is 44.7 Å². The first-order chi connectivity index (χ1) is 13.3. The SMILES string of the molecule is Cc1cc(C)c(NC(=O)C[NH+](C)[C@@H](C(=O)NC2CC2)c2ccccc2)c(C)c1. The smallest absolute Gasteiger partial charge is 0.283 e. The predicted molar refractivity (Wildman–Crippen MR) is 111 cm³/mol. The van der Waals surface area contributed by atoms with Gasteiger partial charge in [-0.1, -0.05) is 48.0 Å². The lowest BCUT2D eigenvalue weighted by Crippen LogP contribution is -3.11. The Balaban J connectivity index is 1.73. The molecule has 2 aromatic carbocycles. The predicted octanol–water partition coefficient (Wildman–Crippen LogP) is 2.08. The Morgan fingerprint density at radius 1 is 1.07 bits per heavy atom. The van der Waals surface area contributed by atoms with Crippen molar-refractivity contribution in [3.05, 3.63) is 64.7 Å². The van der Waals surface area contributed by atoms with E-state index >= 15 is 0 Å². The molecule has 0 spiro atoms. The van der Waals surface area contributed by atoms with Crippen molar-refractivity contribution in [1.29, 1.82) is 0 Å². The number of carbonyl (C=O) groups is 2. The lowest BCUT2D eigenvalue weighted by molar-refractivity contribution is -0.894. The van der Waals surface area contributed by atoms with Crippen LogP contribution in [0, 0.1) is 20.8 Å². The number of anilines is 1. The molecule has 0 saturated heterocycles. The zero-order valence-electron chi connectivity index (χ0n) is 17.1. The number of carbonyl (C=O) groups excluding carboxylic acids is 2. The van der Waals surface area contributed by atoms with Crippen LogP contribution in [-0.2, 0) is 9.59 Å². The molecule has 1 aliphatic carbocycles. The molecular weight excluding hydrogens is 350 g/mol. The fraction of sp³-hybridized carbons (Fsp3) is 0.391. The van der Waals surface area contributed by atoms with Crippen molar-refractivity contribution in [3.63, 3.8) is 0 Å². The van der Waals surface area contributed by atoms with E-state index in [0.717, 1.165) is 40.1 Å². The molecule has 2 amide bonds. The molecular formula is C23H30N3O2+. The van der Waals surface area contributed by atoms with Crippen LogP contribution in [0.15, 0.2) is 42.5 Å². The summed E-state index contributed by atoms with van der Waals surface area (Å²) in [6.07, 6.45) is 2.08. The van der Waals surface area contributed by atoms with Crippen molar-refractivity contribution < 1.29 is 14.5 Å². The van der Waals surface area contributed by atoms with Gasteiger partial charge in [0, 0.05) is 17.3 Å². The molecule has 0 radical (unpaired) electrons. The first-order valence-corrected chi connectivity index (χ1v) is 9.90. The Bertz CT molecular complexity index is 836. The Kier molecular flexibility index (Phi) is 6.15. The molecule has 1 aliphatic rings. The molecule has 0 aliphatic heterocycles. The van der Waals surface area contributed by atoms with Gasteiger partial charge in [-0.25, -0.2) is 0 Å². The van der Waals surface area contributed by atoms with Crippen LogP contribution in [0.1, 0.15) is 41.1 Å². The highest BCUT2D eigenvalue weighted by Crippen LogP contribution is 2.22. The van der Waals surface area contributed by atoms with Crippen LogP contribution in [0.3, 0.4) is 0 Å². The van der Waals surface area contributed by atoms with Crippen molar-refractivity contribution in [2.45, 2.75) is 45.7 Å². The molecule has 2 aromatic rings. The average Bonchev–Trinajstić information content (AvgIpc) is 3.43. The molecule has 0 aromatic heterocycles. The lowest BCUT2D eigenvalue weighted by Gasteiger charge is -2.24. The second-order valence-corrected chi connectivity index (χ2v) is 7.97. The summed E-state index contributed by atoms with van der Waals surface area (Å²) in [6, 6.07) is 13.7. The summed E-state index contributed by atoms with van der Waals surface area (Å²) >= 11 is 0. The Hall–Kier alpha value is -2.66. The van der Waals surface area contributed by atoms with Gasteiger partial charge in [0.25, 0.3) is 11.8 Å². The fourth-order valence-electron chi connectivity index (χ4n) is 3.73. The number of likely N-dealkylation sites (N-methyl/N-ethyl adjacent to an activating group) is 1. The quantitative estimate of drug-likeness (QED) is 0.689. The molecule has 0 bridgehead atoms. The summed E-state index contributed by atoms with van der Waals surface area (Å²) in [5.41, 5.74) is 5.07. The normalized spacial score (nSPS) is 15.6. The third-order valence-corrected chi connectivity index (χ3v) is 5.19. The Morgan fingerprint density at radius 2 is 1.68 bits per heavy atom. The molecule has 5 nitrogen and oxygen atoms in total. The molecule has 1 unspecified atom stereocenters. The highest BCUT2D eigenvalue weighted by atomic mass is 16.2. The van der Waals surface area contributed by atoms with E-state index in [1.165, 1.54) is 5.56 Å². The van der Waals surface area contributed by atoms with Crippen LogP contribution in [0.2, 0.25) is 0 Å². The summed E-state index contributed by atoms with van der Waals surface area (Å²) in [7, 11) is 1.90. The number of amides is 2. The van der Waals surface area contributed by atoms with Crippen LogP contribution in [-0.4, -0.2) is 31.4 Å². The van der Waals surface area contributed by atoms with Gasteiger partial charge < -0.3 is 15.5 Å². The van der Waals surface area contributed by atoms with E-state index in [4.69, 9.17) is 0 Å². The van der Waals surface area contributed by atoms with Gasteiger partial charge in [0.2, 0.25) is 0 Å². The van der Waals surface area contributed by atoms with Gasteiger partial charge in [0.05, 0.1) is 7.05 Å². The molecule has 3 N–H and O–H groups in total. The molecule has 5 heteroatoms. The highest BCUT2D eigenvalue weighted by molar-refractivity contribution is 5.93. The average molecular weight is 381 g/mol. The maximum absolute atomic E-state index is 12.9. The van der Waals surface area contributed by atoms with Crippen LogP contribution >= 0.6 is 0 Å². The monoisotopic (exact) mass is 380 g/mol. The number of quaternary nitrogens is 1. The molecule has 0 heterocycles. The maximum atomic E-state index is 12.9. The summed E-state index contributed by atoms with van der Waals surface area (Å²) in [6.45, 7) is 6.26. The molecule has 148 valence electrons. The minimum atomic E-state index is -0.409. The standard InChI is InChI=1S/C23H29N3O2/c1-15-12-16(2)21(17(3)13-15)25-20(27)14-26(4)22(18-8-6-5-7-9-18)23(28)24-19-10-11-19/h5-9,12-13,19,22H,10-11,14H2,1-4H3,(H,24,28)(H,25,27)/p+1/t22-/m1/s1. The van der Waals surface area contributed by atoms with Gasteiger partial charge in [-0.3, -0.25) is 9.59 Å². The van der Waals surface area contributed by atoms with Gasteiger partial charge in [0.15, 0.2) is 12.6 Å². The van der Waals surface area contributed by atoms with E-state index in [2.05, 4.69) is 22.8 Å². The third-order valence-electron chi connectivity index (χ3n) is 5.19. The number of benzene rings is 2. The first kappa shape index (κ1) is 20.1. The lowest BCUT2D eigenvalue weighted by atomic mass is 10.0. The van der Waals surface area contributed by atoms with Crippen LogP contribution in [0.4, 0.5) is 5.69 Å². The molecule has 2 atom stereocenters. The van der Waals surface area contributed by atoms with Crippen molar-refractivity contribution >= 4 is 17.5 Å². The third kappa shape index (κ3) is 4.98. The van der Waals surface area contributed by atoms with E-state index in [1.807, 2.05) is 58.2 Å². The van der Waals surface area contributed by atoms with Gasteiger partial charge >= 0.3 is 0 Å². The minimum Gasteiger partial charge on any atom is -0.348 e. The fourth-order valence-corrected chi connectivity index (χ4v) is 3.73. The summed E-state index contributed by atoms with van der Waals surface area (Å²) < 4.78 is 0. The summed E-state index contributed by atoms with van der Waals surface area (Å²) in [4.78, 5) is 26.5. The van der Waals surface area contributed by atoms with Gasteiger partial charge in [-0.15, -0.1) is 0 Å². The van der Waals surface area contributed by atoms with Crippen LogP contribution in [0.25, 0.3) is 0 Å². The number of aryl methyl sites for hydroxylation is 3. The second-order valence-electron chi connectivity index (χ2n) is 7.97. The minimum absolute atomic E-state index is 0.0123. The maximum Gasteiger partial charge on any atom is 0.283 e. The van der Waals surface area contributed by atoms with Crippen LogP contribution < -0.4 is 15.5 Å². The van der Waals surface area contributed by atoms with Crippen molar-refractivity contribution in [2.24, 2.45) is 0 Å². The molecule has 1 saturated carbocycles. The van der Waals surface area contributed by atoms with E-state index in [9.17, 15) is 9.59 Å². The largest absolute Gasteiger partial charge is 0.348 e.